The van der Waals surface area contributed by atoms with Crippen molar-refractivity contribution in [3.63, 3.8) is 0 Å². The van der Waals surface area contributed by atoms with Crippen LogP contribution in [0, 0.1) is 23.2 Å². The molecule has 2 aromatic carbocycles. The number of rotatable bonds is 7. The molecule has 0 saturated carbocycles. The van der Waals surface area contributed by atoms with Crippen LogP contribution < -0.4 is 10.9 Å². The average Bonchev–Trinajstić information content (AvgIpc) is 2.83. The Bertz CT molecular complexity index is 1300. The summed E-state index contributed by atoms with van der Waals surface area (Å²) in [7, 11) is 0. The van der Waals surface area contributed by atoms with E-state index in [1.165, 1.54) is 0 Å². The van der Waals surface area contributed by atoms with Crippen LogP contribution in [0.1, 0.15) is 33.9 Å². The predicted molar refractivity (Wildman–Crippen MR) is 120 cm³/mol. The molecule has 0 radical (unpaired) electrons. The van der Waals surface area contributed by atoms with Crippen LogP contribution in [0.5, 0.6) is 5.75 Å². The summed E-state index contributed by atoms with van der Waals surface area (Å²) < 4.78 is 25.1. The Morgan fingerprint density at radius 1 is 1.06 bits per heavy atom. The van der Waals surface area contributed by atoms with Gasteiger partial charge in [-0.1, -0.05) is 36.1 Å². The number of carbonyl (C=O) groups is 1. The number of carbonyl (C=O) groups excluding carboxylic acids is 1. The van der Waals surface area contributed by atoms with Crippen molar-refractivity contribution >= 4 is 5.91 Å². The number of nitrogens with zero attached hydrogens (tertiary/aromatic N) is 2. The molecule has 0 aliphatic rings. The maximum absolute atomic E-state index is 12.6. The van der Waals surface area contributed by atoms with Crippen molar-refractivity contribution in [2.45, 2.75) is 25.2 Å². The van der Waals surface area contributed by atoms with Crippen LogP contribution in [0.25, 0.3) is 0 Å². The number of benzene rings is 2. The van der Waals surface area contributed by atoms with Crippen molar-refractivity contribution < 1.29 is 18.7 Å². The molecule has 0 spiro atoms. The van der Waals surface area contributed by atoms with Crippen LogP contribution >= 0.6 is 0 Å². The molecular formula is C25H20F2N4O3. The quantitative estimate of drug-likeness (QED) is 0.467. The lowest BCUT2D eigenvalue weighted by Gasteiger charge is -2.17. The second-order valence-corrected chi connectivity index (χ2v) is 7.34. The normalized spacial score (nSPS) is 11.2. The molecule has 9 heteroatoms. The van der Waals surface area contributed by atoms with E-state index in [-0.39, 0.29) is 12.1 Å². The van der Waals surface area contributed by atoms with Gasteiger partial charge in [-0.25, -0.2) is 13.8 Å². The Hall–Kier alpha value is -4.50. The first kappa shape index (κ1) is 24.1. The molecule has 3 N–H and O–H groups in total. The highest BCUT2D eigenvalue weighted by Crippen LogP contribution is 2.24. The van der Waals surface area contributed by atoms with E-state index in [9.17, 15) is 23.5 Å². The Balaban J connectivity index is 1.78. The van der Waals surface area contributed by atoms with Gasteiger partial charge in [0.15, 0.2) is 0 Å². The zero-order valence-corrected chi connectivity index (χ0v) is 17.9. The first-order valence-corrected chi connectivity index (χ1v) is 10.3. The van der Waals surface area contributed by atoms with Crippen LogP contribution in [0.15, 0.2) is 59.7 Å². The number of hydrogen-bond acceptors (Lipinski definition) is 5. The minimum absolute atomic E-state index is 0.0210. The molecule has 0 aliphatic carbocycles. The SMILES string of the molecule is N#CCc1ccc(C#Cc2ccc(CC(C(=O)NCC(F)F)c3nc[nH]c(=O)c3O)cc2)cc1. The number of H-pyrrole nitrogens is 1. The number of aromatic amines is 1. The van der Waals surface area contributed by atoms with Crippen LogP contribution in [0.2, 0.25) is 0 Å². The molecule has 0 bridgehead atoms. The zero-order valence-electron chi connectivity index (χ0n) is 17.9. The molecule has 172 valence electrons. The van der Waals surface area contributed by atoms with Crippen molar-refractivity contribution in [3.8, 4) is 23.7 Å². The molecule has 0 fully saturated rings. The van der Waals surface area contributed by atoms with Gasteiger partial charge in [0.1, 0.15) is 5.69 Å². The fourth-order valence-electron chi connectivity index (χ4n) is 3.18. The maximum atomic E-state index is 12.6. The van der Waals surface area contributed by atoms with Crippen LogP contribution in [-0.4, -0.2) is 34.0 Å². The van der Waals surface area contributed by atoms with E-state index in [4.69, 9.17) is 5.26 Å². The molecule has 3 aromatic rings. The number of alkyl halides is 2. The van der Waals surface area contributed by atoms with E-state index < -0.39 is 36.1 Å². The summed E-state index contributed by atoms with van der Waals surface area (Å²) in [4.78, 5) is 30.4. The number of nitriles is 1. The molecule has 0 saturated heterocycles. The minimum Gasteiger partial charge on any atom is -0.502 e. The fourth-order valence-corrected chi connectivity index (χ4v) is 3.18. The lowest BCUT2D eigenvalue weighted by Crippen LogP contribution is -2.34. The summed E-state index contributed by atoms with van der Waals surface area (Å²) in [6.45, 7) is -0.856. The molecule has 34 heavy (non-hydrogen) atoms. The summed E-state index contributed by atoms with van der Waals surface area (Å²) in [6.07, 6.45) is -1.35. The molecule has 1 aromatic heterocycles. The van der Waals surface area contributed by atoms with Gasteiger partial charge in [0.25, 0.3) is 12.0 Å². The zero-order chi connectivity index (χ0) is 24.5. The highest BCUT2D eigenvalue weighted by Gasteiger charge is 2.27. The van der Waals surface area contributed by atoms with E-state index in [1.807, 2.05) is 24.3 Å². The first-order valence-electron chi connectivity index (χ1n) is 10.3. The first-order chi connectivity index (χ1) is 16.4. The van der Waals surface area contributed by atoms with Crippen molar-refractivity contribution in [2.24, 2.45) is 0 Å². The van der Waals surface area contributed by atoms with E-state index >= 15 is 0 Å². The number of hydrogen-bond donors (Lipinski definition) is 3. The summed E-state index contributed by atoms with van der Waals surface area (Å²) in [6, 6.07) is 16.4. The van der Waals surface area contributed by atoms with Gasteiger partial charge < -0.3 is 15.4 Å². The molecule has 3 rings (SSSR count). The van der Waals surface area contributed by atoms with Gasteiger partial charge in [-0.05, 0) is 41.8 Å². The van der Waals surface area contributed by atoms with Gasteiger partial charge in [0.05, 0.1) is 31.3 Å². The molecule has 1 amide bonds. The van der Waals surface area contributed by atoms with Gasteiger partial charge in [-0.2, -0.15) is 5.26 Å². The minimum atomic E-state index is -2.74. The highest BCUT2D eigenvalue weighted by atomic mass is 19.3. The molecule has 0 aliphatic heterocycles. The third-order valence-corrected chi connectivity index (χ3v) is 4.92. The summed E-state index contributed by atoms with van der Waals surface area (Å²) in [5.41, 5.74) is 2.04. The van der Waals surface area contributed by atoms with E-state index in [0.717, 1.165) is 17.5 Å². The summed E-state index contributed by atoms with van der Waals surface area (Å²) in [5, 5.41) is 20.9. The van der Waals surface area contributed by atoms with Gasteiger partial charge in [0, 0.05) is 11.1 Å². The Morgan fingerprint density at radius 3 is 2.21 bits per heavy atom. The second kappa shape index (κ2) is 11.4. The molecule has 7 nitrogen and oxygen atoms in total. The molecular weight excluding hydrogens is 442 g/mol. The predicted octanol–water partition coefficient (Wildman–Crippen LogP) is 2.65. The Kier molecular flexibility index (Phi) is 8.09. The van der Waals surface area contributed by atoms with Gasteiger partial charge >= 0.3 is 0 Å². The smallest absolute Gasteiger partial charge is 0.293 e. The molecule has 1 heterocycles. The van der Waals surface area contributed by atoms with Gasteiger partial charge in [-0.3, -0.25) is 9.59 Å². The van der Waals surface area contributed by atoms with Crippen LogP contribution in [-0.2, 0) is 17.6 Å². The lowest BCUT2D eigenvalue weighted by molar-refractivity contribution is -0.123. The van der Waals surface area contributed by atoms with E-state index in [1.54, 1.807) is 24.3 Å². The topological polar surface area (TPSA) is 119 Å². The third kappa shape index (κ3) is 6.50. The maximum Gasteiger partial charge on any atom is 0.293 e. The summed E-state index contributed by atoms with van der Waals surface area (Å²) >= 11 is 0. The highest BCUT2D eigenvalue weighted by molar-refractivity contribution is 5.84. The number of amides is 1. The Labute approximate surface area is 194 Å². The van der Waals surface area contributed by atoms with Crippen LogP contribution in [0.4, 0.5) is 8.78 Å². The van der Waals surface area contributed by atoms with Crippen molar-refractivity contribution in [1.29, 1.82) is 5.26 Å². The van der Waals surface area contributed by atoms with E-state index in [2.05, 4.69) is 33.2 Å². The van der Waals surface area contributed by atoms with E-state index in [0.29, 0.717) is 17.5 Å². The van der Waals surface area contributed by atoms with Gasteiger partial charge in [0.2, 0.25) is 11.7 Å². The third-order valence-electron chi connectivity index (χ3n) is 4.92. The van der Waals surface area contributed by atoms with Crippen molar-refractivity contribution in [1.82, 2.24) is 15.3 Å². The number of halogens is 2. The second-order valence-electron chi connectivity index (χ2n) is 7.34. The number of nitrogens with one attached hydrogen (secondary N) is 2. The largest absolute Gasteiger partial charge is 0.502 e. The van der Waals surface area contributed by atoms with Gasteiger partial charge in [-0.15, -0.1) is 0 Å². The number of aromatic hydroxyl groups is 1. The molecule has 1 atom stereocenters. The number of aromatic nitrogens is 2. The standard InChI is InChI=1S/C25H20F2N4O3/c26-21(27)14-29-24(33)20(22-23(32)25(34)31-15-30-22)13-19-9-7-17(8-10-19)2-1-16-3-5-18(6-4-16)11-12-28/h3-10,15,20-21,32H,11,13-14H2,(H,29,33)(H,30,31,34). The Morgan fingerprint density at radius 2 is 1.65 bits per heavy atom. The monoisotopic (exact) mass is 462 g/mol. The average molecular weight is 462 g/mol. The summed E-state index contributed by atoms with van der Waals surface area (Å²) in [5.74, 6) is 3.39. The lowest BCUT2D eigenvalue weighted by atomic mass is 9.94. The molecule has 1 unspecified atom stereocenters. The fraction of sp³-hybridized carbons (Fsp3) is 0.200. The van der Waals surface area contributed by atoms with Crippen molar-refractivity contribution in [3.05, 3.63) is 93.2 Å². The van der Waals surface area contributed by atoms with Crippen LogP contribution in [0.3, 0.4) is 0 Å². The van der Waals surface area contributed by atoms with Crippen molar-refractivity contribution in [2.75, 3.05) is 6.54 Å².